The smallest absolute Gasteiger partial charge is 0.253 e. The standard InChI is InChI=1S/C18H18ClNO3/c19-14-3-1-2-12(8-14)17(22)18(23)20-15-6-4-11-5-7-16(21)10-13(11)9-15/h1-3,5,7-8,10,15,17,21-22H,4,6,9H2,(H,20,23)/t15-,17-/m0/s1. The maximum absolute atomic E-state index is 12.2. The predicted octanol–water partition coefficient (Wildman–Crippen LogP) is 2.75. The number of nitrogens with one attached hydrogen (secondary N) is 1. The summed E-state index contributed by atoms with van der Waals surface area (Å²) in [5.74, 6) is -0.199. The van der Waals surface area contributed by atoms with Crippen LogP contribution in [0.4, 0.5) is 0 Å². The molecule has 3 N–H and O–H groups in total. The molecule has 0 heterocycles. The summed E-state index contributed by atoms with van der Waals surface area (Å²) in [4.78, 5) is 12.2. The highest BCUT2D eigenvalue weighted by Crippen LogP contribution is 2.25. The van der Waals surface area contributed by atoms with Gasteiger partial charge in [-0.1, -0.05) is 29.8 Å². The van der Waals surface area contributed by atoms with Crippen LogP contribution in [0.3, 0.4) is 0 Å². The number of hydrogen-bond donors (Lipinski definition) is 3. The minimum Gasteiger partial charge on any atom is -0.508 e. The zero-order valence-electron chi connectivity index (χ0n) is 12.5. The summed E-state index contributed by atoms with van der Waals surface area (Å²) in [6.45, 7) is 0. The van der Waals surface area contributed by atoms with Gasteiger partial charge in [-0.15, -0.1) is 0 Å². The van der Waals surface area contributed by atoms with E-state index in [-0.39, 0.29) is 11.8 Å². The second-order valence-corrected chi connectivity index (χ2v) is 6.30. The van der Waals surface area contributed by atoms with Crippen molar-refractivity contribution in [3.8, 4) is 5.75 Å². The highest BCUT2D eigenvalue weighted by atomic mass is 35.5. The van der Waals surface area contributed by atoms with Crippen molar-refractivity contribution in [1.29, 1.82) is 0 Å². The Labute approximate surface area is 139 Å². The van der Waals surface area contributed by atoms with Crippen LogP contribution in [0, 0.1) is 0 Å². The van der Waals surface area contributed by atoms with Gasteiger partial charge < -0.3 is 15.5 Å². The third-order valence-electron chi connectivity index (χ3n) is 4.18. The van der Waals surface area contributed by atoms with E-state index in [9.17, 15) is 15.0 Å². The first kappa shape index (κ1) is 15.8. The minimum atomic E-state index is -1.24. The lowest BCUT2D eigenvalue weighted by atomic mass is 9.88. The van der Waals surface area contributed by atoms with Gasteiger partial charge in [0.2, 0.25) is 0 Å². The zero-order valence-corrected chi connectivity index (χ0v) is 13.3. The molecule has 2 aromatic carbocycles. The van der Waals surface area contributed by atoms with E-state index in [2.05, 4.69) is 5.32 Å². The van der Waals surface area contributed by atoms with Gasteiger partial charge in [0.05, 0.1) is 0 Å². The van der Waals surface area contributed by atoms with E-state index in [1.165, 1.54) is 5.56 Å². The van der Waals surface area contributed by atoms with Gasteiger partial charge in [0.25, 0.3) is 5.91 Å². The van der Waals surface area contributed by atoms with Gasteiger partial charge in [-0.25, -0.2) is 0 Å². The highest BCUT2D eigenvalue weighted by Gasteiger charge is 2.24. The fourth-order valence-corrected chi connectivity index (χ4v) is 3.17. The van der Waals surface area contributed by atoms with Crippen molar-refractivity contribution in [3.63, 3.8) is 0 Å². The lowest BCUT2D eigenvalue weighted by Gasteiger charge is -2.26. The molecule has 2 atom stereocenters. The number of fused-ring (bicyclic) bond motifs is 1. The summed E-state index contributed by atoms with van der Waals surface area (Å²) >= 11 is 5.89. The molecule has 0 radical (unpaired) electrons. The normalized spacial score (nSPS) is 18.1. The fraction of sp³-hybridized carbons (Fsp3) is 0.278. The van der Waals surface area contributed by atoms with E-state index in [0.717, 1.165) is 18.4 Å². The number of hydrogen-bond acceptors (Lipinski definition) is 3. The third kappa shape index (κ3) is 3.66. The average molecular weight is 332 g/mol. The van der Waals surface area contributed by atoms with Crippen LogP contribution in [0.15, 0.2) is 42.5 Å². The predicted molar refractivity (Wildman–Crippen MR) is 88.5 cm³/mol. The van der Waals surface area contributed by atoms with E-state index >= 15 is 0 Å². The molecule has 2 aromatic rings. The van der Waals surface area contributed by atoms with Gasteiger partial charge in [0, 0.05) is 11.1 Å². The van der Waals surface area contributed by atoms with Crippen molar-refractivity contribution in [3.05, 3.63) is 64.2 Å². The fourth-order valence-electron chi connectivity index (χ4n) is 2.97. The maximum atomic E-state index is 12.2. The van der Waals surface area contributed by atoms with E-state index < -0.39 is 12.0 Å². The first-order valence-electron chi connectivity index (χ1n) is 7.57. The first-order chi connectivity index (χ1) is 11.0. The monoisotopic (exact) mass is 331 g/mol. The molecular formula is C18H18ClNO3. The van der Waals surface area contributed by atoms with Gasteiger partial charge in [0.15, 0.2) is 6.10 Å². The Morgan fingerprint density at radius 2 is 2.04 bits per heavy atom. The van der Waals surface area contributed by atoms with Crippen molar-refractivity contribution in [2.45, 2.75) is 31.4 Å². The average Bonchev–Trinajstić information content (AvgIpc) is 2.53. The Balaban J connectivity index is 1.67. The van der Waals surface area contributed by atoms with E-state index in [1.54, 1.807) is 36.4 Å². The van der Waals surface area contributed by atoms with Crippen LogP contribution in [-0.2, 0) is 17.6 Å². The summed E-state index contributed by atoms with van der Waals surface area (Å²) in [5.41, 5.74) is 2.71. The SMILES string of the molecule is O=C(N[C@H]1CCc2ccc(O)cc2C1)[C@@H](O)c1cccc(Cl)c1. The number of aromatic hydroxyl groups is 1. The number of phenols is 1. The minimum absolute atomic E-state index is 0.0503. The molecule has 120 valence electrons. The lowest BCUT2D eigenvalue weighted by Crippen LogP contribution is -2.41. The highest BCUT2D eigenvalue weighted by molar-refractivity contribution is 6.30. The molecule has 0 saturated heterocycles. The van der Waals surface area contributed by atoms with Crippen LogP contribution in [0.1, 0.15) is 29.2 Å². The maximum Gasteiger partial charge on any atom is 0.253 e. The Hall–Kier alpha value is -2.04. The Kier molecular flexibility index (Phi) is 4.55. The lowest BCUT2D eigenvalue weighted by molar-refractivity contribution is -0.130. The van der Waals surface area contributed by atoms with E-state index in [0.29, 0.717) is 17.0 Å². The van der Waals surface area contributed by atoms with Crippen molar-refractivity contribution in [2.75, 3.05) is 0 Å². The molecule has 0 aromatic heterocycles. The molecule has 0 spiro atoms. The number of aliphatic hydroxyl groups excluding tert-OH is 1. The molecule has 1 aliphatic rings. The summed E-state index contributed by atoms with van der Waals surface area (Å²) in [5, 5.41) is 23.1. The largest absolute Gasteiger partial charge is 0.508 e. The molecule has 0 fully saturated rings. The molecule has 4 nitrogen and oxygen atoms in total. The topological polar surface area (TPSA) is 69.6 Å². The van der Waals surface area contributed by atoms with Crippen molar-refractivity contribution in [2.24, 2.45) is 0 Å². The van der Waals surface area contributed by atoms with Crippen LogP contribution in [-0.4, -0.2) is 22.2 Å². The van der Waals surface area contributed by atoms with Gasteiger partial charge >= 0.3 is 0 Å². The quantitative estimate of drug-likeness (QED) is 0.810. The van der Waals surface area contributed by atoms with Crippen LogP contribution in [0.2, 0.25) is 5.02 Å². The van der Waals surface area contributed by atoms with Crippen LogP contribution < -0.4 is 5.32 Å². The molecule has 0 bridgehead atoms. The zero-order chi connectivity index (χ0) is 16.4. The van der Waals surface area contributed by atoms with Gasteiger partial charge in [-0.2, -0.15) is 0 Å². The molecule has 0 aliphatic heterocycles. The Morgan fingerprint density at radius 1 is 1.22 bits per heavy atom. The number of carbonyl (C=O) groups is 1. The van der Waals surface area contributed by atoms with Crippen molar-refractivity contribution >= 4 is 17.5 Å². The van der Waals surface area contributed by atoms with Crippen LogP contribution >= 0.6 is 11.6 Å². The first-order valence-corrected chi connectivity index (χ1v) is 7.95. The number of carbonyl (C=O) groups excluding carboxylic acids is 1. The number of rotatable bonds is 3. The molecule has 3 rings (SSSR count). The summed E-state index contributed by atoms with van der Waals surface area (Å²) in [7, 11) is 0. The van der Waals surface area contributed by atoms with E-state index in [4.69, 9.17) is 11.6 Å². The second-order valence-electron chi connectivity index (χ2n) is 5.86. The van der Waals surface area contributed by atoms with Crippen LogP contribution in [0.5, 0.6) is 5.75 Å². The number of halogens is 1. The Morgan fingerprint density at radius 3 is 2.83 bits per heavy atom. The van der Waals surface area contributed by atoms with Crippen molar-refractivity contribution in [1.82, 2.24) is 5.32 Å². The number of amides is 1. The van der Waals surface area contributed by atoms with E-state index in [1.807, 2.05) is 6.07 Å². The molecule has 1 aliphatic carbocycles. The number of phenolic OH excluding ortho intramolecular Hbond substituents is 1. The molecule has 5 heteroatoms. The molecule has 0 unspecified atom stereocenters. The Bertz CT molecular complexity index is 732. The van der Waals surface area contributed by atoms with Crippen LogP contribution in [0.25, 0.3) is 0 Å². The molecule has 1 amide bonds. The summed E-state index contributed by atoms with van der Waals surface area (Å²) in [6.07, 6.45) is 1.07. The molecular weight excluding hydrogens is 314 g/mol. The molecule has 0 saturated carbocycles. The summed E-state index contributed by atoms with van der Waals surface area (Å²) < 4.78 is 0. The number of aliphatic hydroxyl groups is 1. The number of benzene rings is 2. The second kappa shape index (κ2) is 6.60. The summed E-state index contributed by atoms with van der Waals surface area (Å²) in [6, 6.07) is 11.9. The number of aryl methyl sites for hydroxylation is 1. The van der Waals surface area contributed by atoms with Gasteiger partial charge in [-0.3, -0.25) is 4.79 Å². The van der Waals surface area contributed by atoms with Gasteiger partial charge in [-0.05, 0) is 60.2 Å². The third-order valence-corrected chi connectivity index (χ3v) is 4.41. The van der Waals surface area contributed by atoms with Crippen molar-refractivity contribution < 1.29 is 15.0 Å². The van der Waals surface area contributed by atoms with Gasteiger partial charge in [0.1, 0.15) is 5.75 Å². The molecule has 23 heavy (non-hydrogen) atoms.